The van der Waals surface area contributed by atoms with Crippen LogP contribution in [0, 0.1) is 6.92 Å². The number of amides is 1. The van der Waals surface area contributed by atoms with Gasteiger partial charge in [-0.05, 0) is 48.9 Å². The molecule has 0 spiro atoms. The quantitative estimate of drug-likeness (QED) is 0.458. The third-order valence-electron chi connectivity index (χ3n) is 5.79. The lowest BCUT2D eigenvalue weighted by atomic mass is 10.1. The summed E-state index contributed by atoms with van der Waals surface area (Å²) in [6.07, 6.45) is 0.0414. The smallest absolute Gasteiger partial charge is 0.328 e. The van der Waals surface area contributed by atoms with E-state index >= 15 is 0 Å². The summed E-state index contributed by atoms with van der Waals surface area (Å²) < 4.78 is 35.1. The van der Waals surface area contributed by atoms with E-state index in [1.54, 1.807) is 57.6 Å². The lowest BCUT2D eigenvalue weighted by molar-refractivity contribution is -0.115. The Kier molecular flexibility index (Phi) is 6.05. The number of nitrogens with zero attached hydrogens (tertiary/aromatic N) is 2. The molecule has 0 unspecified atom stereocenters. The normalized spacial score (nSPS) is 11.5. The van der Waals surface area contributed by atoms with Gasteiger partial charge in [-0.25, -0.2) is 13.2 Å². The fourth-order valence-corrected chi connectivity index (χ4v) is 5.23. The molecule has 1 heterocycles. The summed E-state index contributed by atoms with van der Waals surface area (Å²) in [5.41, 5.74) is 2.45. The molecule has 1 amide bonds. The lowest BCUT2D eigenvalue weighted by Crippen LogP contribution is -2.19. The minimum atomic E-state index is -3.98. The van der Waals surface area contributed by atoms with Gasteiger partial charge >= 0.3 is 5.69 Å². The van der Waals surface area contributed by atoms with Crippen molar-refractivity contribution in [3.63, 3.8) is 0 Å². The van der Waals surface area contributed by atoms with Crippen LogP contribution < -0.4 is 15.7 Å². The van der Waals surface area contributed by atoms with Crippen molar-refractivity contribution in [1.29, 1.82) is 0 Å². The summed E-state index contributed by atoms with van der Waals surface area (Å²) >= 11 is 0. The minimum absolute atomic E-state index is 0.0414. The minimum Gasteiger partial charge on any atom is -0.497 e. The zero-order valence-electron chi connectivity index (χ0n) is 19.3. The molecule has 34 heavy (non-hydrogen) atoms. The van der Waals surface area contributed by atoms with Crippen LogP contribution in [0.4, 0.5) is 5.69 Å². The van der Waals surface area contributed by atoms with Crippen LogP contribution in [-0.2, 0) is 35.1 Å². The fraction of sp³-hybridized carbons (Fsp3) is 0.200. The van der Waals surface area contributed by atoms with Crippen LogP contribution in [0.15, 0.2) is 75.2 Å². The molecule has 3 aromatic carbocycles. The Bertz CT molecular complexity index is 1550. The highest BCUT2D eigenvalue weighted by Gasteiger charge is 2.25. The number of aromatic nitrogens is 2. The SMILES string of the molecule is COc1ccc(CC(=O)Nc2cc3c(cc2S(=O)(=O)c2ccc(C)cc2)n(C)c(=O)n3C)cc1. The van der Waals surface area contributed by atoms with Gasteiger partial charge in [0.25, 0.3) is 0 Å². The van der Waals surface area contributed by atoms with E-state index in [2.05, 4.69) is 5.32 Å². The van der Waals surface area contributed by atoms with Crippen molar-refractivity contribution in [2.45, 2.75) is 23.1 Å². The largest absolute Gasteiger partial charge is 0.497 e. The summed E-state index contributed by atoms with van der Waals surface area (Å²) in [5, 5.41) is 2.75. The summed E-state index contributed by atoms with van der Waals surface area (Å²) in [6, 6.07) is 16.5. The third-order valence-corrected chi connectivity index (χ3v) is 7.60. The molecule has 0 saturated heterocycles. The van der Waals surface area contributed by atoms with Gasteiger partial charge in [0.1, 0.15) is 5.75 Å². The van der Waals surface area contributed by atoms with Crippen molar-refractivity contribution in [1.82, 2.24) is 9.13 Å². The number of sulfone groups is 1. The average Bonchev–Trinajstić information content (AvgIpc) is 3.02. The number of hydrogen-bond donors (Lipinski definition) is 1. The number of fused-ring (bicyclic) bond motifs is 1. The molecule has 4 rings (SSSR count). The zero-order chi connectivity index (χ0) is 24.6. The molecular formula is C25H25N3O5S. The first-order chi connectivity index (χ1) is 16.1. The molecule has 0 saturated carbocycles. The zero-order valence-corrected chi connectivity index (χ0v) is 20.1. The van der Waals surface area contributed by atoms with Gasteiger partial charge in [0.15, 0.2) is 0 Å². The molecule has 4 aromatic rings. The second kappa shape index (κ2) is 8.83. The first-order valence-corrected chi connectivity index (χ1v) is 12.0. The number of ether oxygens (including phenoxy) is 1. The van der Waals surface area contributed by atoms with Gasteiger partial charge in [-0.3, -0.25) is 13.9 Å². The van der Waals surface area contributed by atoms with Gasteiger partial charge in [-0.1, -0.05) is 29.8 Å². The van der Waals surface area contributed by atoms with E-state index < -0.39 is 9.84 Å². The van der Waals surface area contributed by atoms with Crippen LogP contribution in [0.2, 0.25) is 0 Å². The molecule has 0 bridgehead atoms. The molecular weight excluding hydrogens is 454 g/mol. The van der Waals surface area contributed by atoms with Crippen molar-refractivity contribution in [2.24, 2.45) is 14.1 Å². The molecule has 8 nitrogen and oxygen atoms in total. The lowest BCUT2D eigenvalue weighted by Gasteiger charge is -2.14. The van der Waals surface area contributed by atoms with E-state index in [9.17, 15) is 18.0 Å². The van der Waals surface area contributed by atoms with Crippen molar-refractivity contribution in [3.8, 4) is 5.75 Å². The molecule has 0 aliphatic carbocycles. The van der Waals surface area contributed by atoms with Crippen molar-refractivity contribution in [3.05, 3.63) is 82.3 Å². The van der Waals surface area contributed by atoms with Gasteiger partial charge < -0.3 is 10.1 Å². The van der Waals surface area contributed by atoms with Crippen LogP contribution in [-0.4, -0.2) is 30.6 Å². The van der Waals surface area contributed by atoms with Gasteiger partial charge in [-0.2, -0.15) is 0 Å². The maximum Gasteiger partial charge on any atom is 0.328 e. The van der Waals surface area contributed by atoms with Gasteiger partial charge in [0.05, 0.1) is 40.0 Å². The van der Waals surface area contributed by atoms with Crippen LogP contribution in [0.25, 0.3) is 11.0 Å². The van der Waals surface area contributed by atoms with E-state index in [0.29, 0.717) is 16.8 Å². The molecule has 1 aromatic heterocycles. The fourth-order valence-electron chi connectivity index (χ4n) is 3.81. The number of rotatable bonds is 6. The number of carbonyl (C=O) groups excluding carboxylic acids is 1. The van der Waals surface area contributed by atoms with E-state index in [1.165, 1.54) is 33.4 Å². The van der Waals surface area contributed by atoms with Crippen LogP contribution in [0.3, 0.4) is 0 Å². The number of nitrogens with one attached hydrogen (secondary N) is 1. The standard InChI is InChI=1S/C25H25N3O5S/c1-16-5-11-19(12-6-16)34(31,32)23-15-22-21(27(2)25(30)28(22)3)14-20(23)26-24(29)13-17-7-9-18(33-4)10-8-17/h5-12,14-15H,13H2,1-4H3,(H,26,29). The summed E-state index contributed by atoms with van der Waals surface area (Å²) in [6.45, 7) is 1.87. The Morgan fingerprint density at radius 2 is 1.53 bits per heavy atom. The summed E-state index contributed by atoms with van der Waals surface area (Å²) in [5.74, 6) is 0.289. The number of benzene rings is 3. The summed E-state index contributed by atoms with van der Waals surface area (Å²) in [7, 11) is 0.756. The van der Waals surface area contributed by atoms with Gasteiger partial charge in [0.2, 0.25) is 15.7 Å². The predicted molar refractivity (Wildman–Crippen MR) is 130 cm³/mol. The van der Waals surface area contributed by atoms with E-state index in [0.717, 1.165) is 11.1 Å². The highest BCUT2D eigenvalue weighted by atomic mass is 32.2. The van der Waals surface area contributed by atoms with Gasteiger partial charge in [0, 0.05) is 14.1 Å². The number of anilines is 1. The third kappa shape index (κ3) is 4.22. The summed E-state index contributed by atoms with van der Waals surface area (Å²) in [4.78, 5) is 25.4. The predicted octanol–water partition coefficient (Wildman–Crippen LogP) is 3.21. The Morgan fingerprint density at radius 3 is 2.12 bits per heavy atom. The second-order valence-electron chi connectivity index (χ2n) is 8.13. The number of carbonyl (C=O) groups is 1. The molecule has 0 atom stereocenters. The van der Waals surface area contributed by atoms with Crippen LogP contribution in [0.5, 0.6) is 5.75 Å². The number of methoxy groups -OCH3 is 1. The molecule has 0 fully saturated rings. The van der Waals surface area contributed by atoms with Gasteiger partial charge in [-0.15, -0.1) is 0 Å². The molecule has 9 heteroatoms. The first kappa shape index (κ1) is 23.3. The topological polar surface area (TPSA) is 99.4 Å². The van der Waals surface area contributed by atoms with E-state index in [-0.39, 0.29) is 33.5 Å². The maximum absolute atomic E-state index is 13.6. The highest BCUT2D eigenvalue weighted by molar-refractivity contribution is 7.91. The monoisotopic (exact) mass is 479 g/mol. The molecule has 0 aliphatic rings. The molecule has 176 valence electrons. The molecule has 0 aliphatic heterocycles. The van der Waals surface area contributed by atoms with Crippen molar-refractivity contribution >= 4 is 32.5 Å². The first-order valence-electron chi connectivity index (χ1n) is 10.6. The Balaban J connectivity index is 1.80. The average molecular weight is 480 g/mol. The highest BCUT2D eigenvalue weighted by Crippen LogP contribution is 2.32. The number of hydrogen-bond acceptors (Lipinski definition) is 5. The Hall–Kier alpha value is -3.85. The number of imidazole rings is 1. The van der Waals surface area contributed by atoms with Crippen molar-refractivity contribution in [2.75, 3.05) is 12.4 Å². The molecule has 1 N–H and O–H groups in total. The van der Waals surface area contributed by atoms with E-state index in [4.69, 9.17) is 4.74 Å². The van der Waals surface area contributed by atoms with Crippen LogP contribution >= 0.6 is 0 Å². The van der Waals surface area contributed by atoms with E-state index in [1.807, 2.05) is 6.92 Å². The van der Waals surface area contributed by atoms with Crippen molar-refractivity contribution < 1.29 is 17.9 Å². The molecule has 0 radical (unpaired) electrons. The second-order valence-corrected chi connectivity index (χ2v) is 10.0. The number of aryl methyl sites for hydroxylation is 3. The Morgan fingerprint density at radius 1 is 0.941 bits per heavy atom. The Labute approximate surface area is 197 Å². The maximum atomic E-state index is 13.6. The van der Waals surface area contributed by atoms with Crippen LogP contribution in [0.1, 0.15) is 11.1 Å².